The van der Waals surface area contributed by atoms with Crippen LogP contribution >= 0.6 is 11.3 Å². The van der Waals surface area contributed by atoms with E-state index >= 15 is 0 Å². The summed E-state index contributed by atoms with van der Waals surface area (Å²) in [6, 6.07) is 24.2. The van der Waals surface area contributed by atoms with Crippen molar-refractivity contribution in [3.8, 4) is 11.5 Å². The number of hydrogen-bond acceptors (Lipinski definition) is 7. The van der Waals surface area contributed by atoms with Gasteiger partial charge < -0.3 is 14.2 Å². The first-order valence-corrected chi connectivity index (χ1v) is 13.4. The second-order valence-electron chi connectivity index (χ2n) is 8.92. The lowest BCUT2D eigenvalue weighted by Crippen LogP contribution is -2.39. The average molecular weight is 541 g/mol. The molecule has 4 aromatic rings. The molecule has 39 heavy (non-hydrogen) atoms. The molecule has 0 aliphatic carbocycles. The molecule has 0 saturated heterocycles. The molecule has 1 aliphatic heterocycles. The van der Waals surface area contributed by atoms with Gasteiger partial charge in [0.05, 0.1) is 35.6 Å². The first kappa shape index (κ1) is 26.2. The summed E-state index contributed by atoms with van der Waals surface area (Å²) in [5.41, 5.74) is 3.30. The topological polar surface area (TPSA) is 79.1 Å². The summed E-state index contributed by atoms with van der Waals surface area (Å²) in [4.78, 5) is 32.0. The van der Waals surface area contributed by atoms with E-state index in [9.17, 15) is 9.59 Å². The number of esters is 1. The van der Waals surface area contributed by atoms with Crippen LogP contribution in [0.1, 0.15) is 36.6 Å². The highest BCUT2D eigenvalue weighted by Gasteiger charge is 2.33. The van der Waals surface area contributed by atoms with Crippen LogP contribution in [0.3, 0.4) is 0 Å². The first-order chi connectivity index (χ1) is 19.0. The van der Waals surface area contributed by atoms with Crippen LogP contribution in [-0.2, 0) is 16.1 Å². The highest BCUT2D eigenvalue weighted by Crippen LogP contribution is 2.31. The van der Waals surface area contributed by atoms with E-state index < -0.39 is 12.0 Å². The second kappa shape index (κ2) is 11.5. The molecule has 7 nitrogen and oxygen atoms in total. The van der Waals surface area contributed by atoms with E-state index in [0.717, 1.165) is 16.7 Å². The van der Waals surface area contributed by atoms with Crippen molar-refractivity contribution in [3.05, 3.63) is 127 Å². The molecule has 8 heteroatoms. The number of rotatable bonds is 8. The number of ether oxygens (including phenoxy) is 3. The molecule has 5 rings (SSSR count). The zero-order chi connectivity index (χ0) is 27.4. The van der Waals surface area contributed by atoms with Crippen molar-refractivity contribution in [2.24, 2.45) is 4.99 Å². The monoisotopic (exact) mass is 540 g/mol. The maximum absolute atomic E-state index is 13.8. The Morgan fingerprint density at radius 3 is 2.51 bits per heavy atom. The fraction of sp³-hybridized carbons (Fsp3) is 0.194. The van der Waals surface area contributed by atoms with Crippen LogP contribution in [0, 0.1) is 0 Å². The Bertz CT molecular complexity index is 1700. The fourth-order valence-electron chi connectivity index (χ4n) is 4.48. The van der Waals surface area contributed by atoms with E-state index in [4.69, 9.17) is 14.2 Å². The van der Waals surface area contributed by atoms with Gasteiger partial charge in [-0.2, -0.15) is 0 Å². The van der Waals surface area contributed by atoms with Crippen LogP contribution in [0.25, 0.3) is 6.08 Å². The predicted molar refractivity (Wildman–Crippen MR) is 151 cm³/mol. The Labute approximate surface area is 229 Å². The Hall–Kier alpha value is -4.43. The lowest BCUT2D eigenvalue weighted by atomic mass is 9.96. The standard InChI is InChI=1S/C31H28N2O5S/c1-4-37-30(35)27-20(2)32-31-33(28(27)23-13-15-24(36-3)16-14-23)29(34)26(39-31)18-22-11-8-12-25(17-22)38-19-21-9-6-5-7-10-21/h5-18,28H,4,19H2,1-3H3/b26-18-/t28-/m1/s1. The molecule has 3 aromatic carbocycles. The van der Waals surface area contributed by atoms with Crippen LogP contribution in [0.2, 0.25) is 0 Å². The van der Waals surface area contributed by atoms with Gasteiger partial charge in [-0.25, -0.2) is 9.79 Å². The number of carbonyl (C=O) groups is 1. The molecule has 0 saturated carbocycles. The van der Waals surface area contributed by atoms with E-state index in [1.165, 1.54) is 11.3 Å². The van der Waals surface area contributed by atoms with Gasteiger partial charge in [0.15, 0.2) is 4.80 Å². The van der Waals surface area contributed by atoms with Gasteiger partial charge in [-0.15, -0.1) is 0 Å². The average Bonchev–Trinajstić information content (AvgIpc) is 3.26. The number of nitrogens with zero attached hydrogens (tertiary/aromatic N) is 2. The smallest absolute Gasteiger partial charge is 0.338 e. The van der Waals surface area contributed by atoms with Crippen LogP contribution in [0.5, 0.6) is 11.5 Å². The quantitative estimate of drug-likeness (QED) is 0.310. The van der Waals surface area contributed by atoms with Crippen molar-refractivity contribution in [2.45, 2.75) is 26.5 Å². The maximum Gasteiger partial charge on any atom is 0.338 e. The molecule has 1 atom stereocenters. The molecule has 0 amide bonds. The number of benzene rings is 3. The molecule has 1 aromatic heterocycles. The summed E-state index contributed by atoms with van der Waals surface area (Å²) in [6.45, 7) is 4.19. The number of hydrogen-bond donors (Lipinski definition) is 0. The van der Waals surface area contributed by atoms with E-state index in [1.807, 2.05) is 84.9 Å². The number of fused-ring (bicyclic) bond motifs is 1. The third-order valence-corrected chi connectivity index (χ3v) is 7.34. The molecule has 0 fully saturated rings. The third-order valence-electron chi connectivity index (χ3n) is 6.35. The van der Waals surface area contributed by atoms with Crippen molar-refractivity contribution in [1.82, 2.24) is 4.57 Å². The van der Waals surface area contributed by atoms with Crippen molar-refractivity contribution in [1.29, 1.82) is 0 Å². The number of aromatic nitrogens is 1. The third kappa shape index (κ3) is 5.56. The minimum atomic E-state index is -0.672. The summed E-state index contributed by atoms with van der Waals surface area (Å²) >= 11 is 1.29. The Morgan fingerprint density at radius 2 is 1.79 bits per heavy atom. The van der Waals surface area contributed by atoms with Crippen LogP contribution in [0.15, 0.2) is 99.9 Å². The molecule has 0 unspecified atom stereocenters. The lowest BCUT2D eigenvalue weighted by Gasteiger charge is -2.24. The summed E-state index contributed by atoms with van der Waals surface area (Å²) in [7, 11) is 1.59. The van der Waals surface area contributed by atoms with Gasteiger partial charge in [-0.3, -0.25) is 9.36 Å². The van der Waals surface area contributed by atoms with E-state index in [1.54, 1.807) is 25.5 Å². The first-order valence-electron chi connectivity index (χ1n) is 12.6. The molecule has 198 valence electrons. The highest BCUT2D eigenvalue weighted by molar-refractivity contribution is 7.07. The summed E-state index contributed by atoms with van der Waals surface area (Å²) in [5, 5.41) is 0. The van der Waals surface area contributed by atoms with E-state index in [0.29, 0.717) is 38.7 Å². The molecule has 0 radical (unpaired) electrons. The molecular formula is C31H28N2O5S. The second-order valence-corrected chi connectivity index (χ2v) is 9.93. The van der Waals surface area contributed by atoms with Gasteiger partial charge in [0, 0.05) is 0 Å². The Balaban J connectivity index is 1.55. The van der Waals surface area contributed by atoms with Crippen molar-refractivity contribution < 1.29 is 19.0 Å². The minimum Gasteiger partial charge on any atom is -0.497 e. The maximum atomic E-state index is 13.8. The van der Waals surface area contributed by atoms with Gasteiger partial charge in [0.2, 0.25) is 0 Å². The van der Waals surface area contributed by atoms with E-state index in [-0.39, 0.29) is 12.2 Å². The van der Waals surface area contributed by atoms with Gasteiger partial charge in [-0.05, 0) is 60.9 Å². The normalized spacial score (nSPS) is 14.9. The Kier molecular flexibility index (Phi) is 7.74. The molecule has 1 aliphatic rings. The zero-order valence-corrected chi connectivity index (χ0v) is 22.7. The van der Waals surface area contributed by atoms with Crippen molar-refractivity contribution in [2.75, 3.05) is 13.7 Å². The number of thiazole rings is 1. The van der Waals surface area contributed by atoms with E-state index in [2.05, 4.69) is 4.99 Å². The summed E-state index contributed by atoms with van der Waals surface area (Å²) < 4.78 is 18.7. The summed E-state index contributed by atoms with van der Waals surface area (Å²) in [6.07, 6.45) is 1.83. The van der Waals surface area contributed by atoms with Gasteiger partial charge >= 0.3 is 5.97 Å². The minimum absolute atomic E-state index is 0.220. The van der Waals surface area contributed by atoms with Gasteiger partial charge in [-0.1, -0.05) is 65.9 Å². The SMILES string of the molecule is CCOC(=O)C1=C(C)N=c2s/c(=C\c3cccc(OCc4ccccc4)c3)c(=O)n2[C@@H]1c1ccc(OC)cc1. The fourth-order valence-corrected chi connectivity index (χ4v) is 5.53. The molecule has 0 spiro atoms. The zero-order valence-electron chi connectivity index (χ0n) is 21.9. The van der Waals surface area contributed by atoms with Crippen molar-refractivity contribution in [3.63, 3.8) is 0 Å². The summed E-state index contributed by atoms with van der Waals surface area (Å²) in [5.74, 6) is 0.896. The number of carbonyl (C=O) groups excluding carboxylic acids is 1. The van der Waals surface area contributed by atoms with Crippen LogP contribution < -0.4 is 24.4 Å². The van der Waals surface area contributed by atoms with Crippen LogP contribution in [0.4, 0.5) is 0 Å². The van der Waals surface area contributed by atoms with Crippen molar-refractivity contribution >= 4 is 23.4 Å². The van der Waals surface area contributed by atoms with Crippen LogP contribution in [-0.4, -0.2) is 24.3 Å². The Morgan fingerprint density at radius 1 is 1.03 bits per heavy atom. The predicted octanol–water partition coefficient (Wildman–Crippen LogP) is 4.39. The number of allylic oxidation sites excluding steroid dienone is 1. The van der Waals surface area contributed by atoms with Gasteiger partial charge in [0.1, 0.15) is 18.1 Å². The number of methoxy groups -OCH3 is 1. The molecule has 0 bridgehead atoms. The highest BCUT2D eigenvalue weighted by atomic mass is 32.1. The largest absolute Gasteiger partial charge is 0.497 e. The molecule has 2 heterocycles. The van der Waals surface area contributed by atoms with Gasteiger partial charge in [0.25, 0.3) is 5.56 Å². The lowest BCUT2D eigenvalue weighted by molar-refractivity contribution is -0.139. The molecular weight excluding hydrogens is 512 g/mol. The molecule has 0 N–H and O–H groups in total.